The summed E-state index contributed by atoms with van der Waals surface area (Å²) >= 11 is 0. The van der Waals surface area contributed by atoms with Crippen molar-refractivity contribution in [1.82, 2.24) is 19.7 Å². The maximum absolute atomic E-state index is 9.18. The summed E-state index contributed by atoms with van der Waals surface area (Å²) in [6.07, 6.45) is 7.29. The molecule has 2 aromatic heterocycles. The third-order valence-corrected chi connectivity index (χ3v) is 6.01. The molecule has 31 heavy (non-hydrogen) atoms. The topological polar surface area (TPSA) is 87.9 Å². The van der Waals surface area contributed by atoms with Crippen LogP contribution in [0.25, 0.3) is 16.9 Å². The predicted octanol–water partition coefficient (Wildman–Crippen LogP) is 4.42. The van der Waals surface area contributed by atoms with Crippen molar-refractivity contribution in [3.05, 3.63) is 48.3 Å². The summed E-state index contributed by atoms with van der Waals surface area (Å²) in [5.41, 5.74) is 3.81. The van der Waals surface area contributed by atoms with Crippen molar-refractivity contribution in [3.8, 4) is 16.9 Å². The fourth-order valence-electron chi connectivity index (χ4n) is 4.19. The van der Waals surface area contributed by atoms with Crippen molar-refractivity contribution in [1.29, 1.82) is 0 Å². The molecular weight excluding hydrogens is 388 g/mol. The highest BCUT2D eigenvalue weighted by atomic mass is 16.3. The summed E-state index contributed by atoms with van der Waals surface area (Å²) in [4.78, 5) is 9.32. The van der Waals surface area contributed by atoms with Crippen LogP contribution in [0.2, 0.25) is 0 Å². The third kappa shape index (κ3) is 5.05. The Morgan fingerprint density at radius 3 is 2.61 bits per heavy atom. The third-order valence-electron chi connectivity index (χ3n) is 6.01. The molecule has 3 N–H and O–H groups in total. The zero-order chi connectivity index (χ0) is 21.6. The van der Waals surface area contributed by atoms with E-state index in [1.165, 1.54) is 12.8 Å². The minimum atomic E-state index is 0.141. The first-order valence-corrected chi connectivity index (χ1v) is 11.3. The van der Waals surface area contributed by atoms with E-state index in [1.54, 1.807) is 0 Å². The number of benzene rings is 1. The second-order valence-electron chi connectivity index (χ2n) is 8.43. The van der Waals surface area contributed by atoms with Crippen LogP contribution in [0.4, 0.5) is 11.8 Å². The number of nitrogens with one attached hydrogen (secondary N) is 2. The lowest BCUT2D eigenvalue weighted by Crippen LogP contribution is -2.26. The van der Waals surface area contributed by atoms with E-state index >= 15 is 0 Å². The Bertz CT molecular complexity index is 979. The standard InChI is InChI=1S/C24H32N6O/c1-17-9-11-19(12-10-17)27-24-26-15-13-21(28-24)22-18(2)30(20-7-4-3-5-8-20)29-23(22)25-14-6-16-31/h3-5,7-8,13,15,17,19,31H,6,9-12,14,16H2,1-2H3,(H,25,29)(H,26,27,28). The Kier molecular flexibility index (Phi) is 6.82. The van der Waals surface area contributed by atoms with Crippen molar-refractivity contribution >= 4 is 11.8 Å². The molecule has 4 rings (SSSR count). The number of aliphatic hydroxyl groups excluding tert-OH is 1. The van der Waals surface area contributed by atoms with E-state index in [9.17, 15) is 5.11 Å². The van der Waals surface area contributed by atoms with E-state index in [-0.39, 0.29) is 6.61 Å². The predicted molar refractivity (Wildman–Crippen MR) is 125 cm³/mol. The van der Waals surface area contributed by atoms with Gasteiger partial charge >= 0.3 is 0 Å². The molecule has 2 heterocycles. The molecule has 1 fully saturated rings. The Balaban J connectivity index is 1.65. The maximum atomic E-state index is 9.18. The normalized spacial score (nSPS) is 18.7. The van der Waals surface area contributed by atoms with Crippen LogP contribution < -0.4 is 10.6 Å². The van der Waals surface area contributed by atoms with Gasteiger partial charge in [-0.15, -0.1) is 5.10 Å². The van der Waals surface area contributed by atoms with Crippen molar-refractivity contribution in [2.75, 3.05) is 23.8 Å². The highest BCUT2D eigenvalue weighted by Crippen LogP contribution is 2.32. The van der Waals surface area contributed by atoms with Gasteiger partial charge in [0.2, 0.25) is 5.95 Å². The van der Waals surface area contributed by atoms with Crippen LogP contribution in [0.15, 0.2) is 42.6 Å². The minimum absolute atomic E-state index is 0.141. The van der Waals surface area contributed by atoms with Gasteiger partial charge in [0, 0.05) is 25.4 Å². The van der Waals surface area contributed by atoms with Crippen LogP contribution >= 0.6 is 0 Å². The van der Waals surface area contributed by atoms with Crippen LogP contribution in [-0.2, 0) is 0 Å². The van der Waals surface area contributed by atoms with E-state index in [0.29, 0.717) is 25.0 Å². The summed E-state index contributed by atoms with van der Waals surface area (Å²) in [5, 5.41) is 20.9. The van der Waals surface area contributed by atoms with Gasteiger partial charge < -0.3 is 15.7 Å². The molecule has 1 aliphatic rings. The van der Waals surface area contributed by atoms with Crippen molar-refractivity contribution in [2.45, 2.75) is 52.0 Å². The van der Waals surface area contributed by atoms with Crippen LogP contribution in [-0.4, -0.2) is 44.0 Å². The van der Waals surface area contributed by atoms with Crippen LogP contribution in [0.5, 0.6) is 0 Å². The fourth-order valence-corrected chi connectivity index (χ4v) is 4.19. The number of aliphatic hydroxyl groups is 1. The fraction of sp³-hybridized carbons (Fsp3) is 0.458. The summed E-state index contributed by atoms with van der Waals surface area (Å²) < 4.78 is 1.94. The van der Waals surface area contributed by atoms with Gasteiger partial charge in [-0.25, -0.2) is 14.6 Å². The molecule has 0 saturated heterocycles. The average Bonchev–Trinajstić information content (AvgIpc) is 3.12. The molecule has 0 radical (unpaired) electrons. The average molecular weight is 421 g/mol. The second-order valence-corrected chi connectivity index (χ2v) is 8.43. The van der Waals surface area contributed by atoms with Crippen molar-refractivity contribution in [2.24, 2.45) is 5.92 Å². The van der Waals surface area contributed by atoms with Gasteiger partial charge in [-0.3, -0.25) is 0 Å². The number of aromatic nitrogens is 4. The molecule has 3 aromatic rings. The lowest BCUT2D eigenvalue weighted by Gasteiger charge is -2.26. The van der Waals surface area contributed by atoms with Crippen molar-refractivity contribution < 1.29 is 5.11 Å². The maximum Gasteiger partial charge on any atom is 0.223 e. The molecule has 0 unspecified atom stereocenters. The SMILES string of the molecule is Cc1c(-c2ccnc(NC3CCC(C)CC3)n2)c(NCCCO)nn1-c1ccccc1. The largest absolute Gasteiger partial charge is 0.396 e. The monoisotopic (exact) mass is 420 g/mol. The number of hydrogen-bond donors (Lipinski definition) is 3. The Morgan fingerprint density at radius 2 is 1.87 bits per heavy atom. The Labute approximate surface area is 183 Å². The number of para-hydroxylation sites is 1. The lowest BCUT2D eigenvalue weighted by atomic mass is 9.87. The highest BCUT2D eigenvalue weighted by molar-refractivity contribution is 5.76. The Hall–Kier alpha value is -2.93. The summed E-state index contributed by atoms with van der Waals surface area (Å²) in [5.74, 6) is 2.25. The lowest BCUT2D eigenvalue weighted by molar-refractivity contribution is 0.292. The molecule has 7 nitrogen and oxygen atoms in total. The first kappa shape index (κ1) is 21.3. The van der Waals surface area contributed by atoms with E-state index in [1.807, 2.05) is 47.3 Å². The summed E-state index contributed by atoms with van der Waals surface area (Å²) in [7, 11) is 0. The van der Waals surface area contributed by atoms with E-state index < -0.39 is 0 Å². The van der Waals surface area contributed by atoms with Gasteiger partial charge in [0.25, 0.3) is 0 Å². The molecule has 0 bridgehead atoms. The highest BCUT2D eigenvalue weighted by Gasteiger charge is 2.21. The quantitative estimate of drug-likeness (QED) is 0.468. The molecule has 0 atom stereocenters. The smallest absolute Gasteiger partial charge is 0.223 e. The van der Waals surface area contributed by atoms with Crippen LogP contribution in [0.3, 0.4) is 0 Å². The molecule has 0 spiro atoms. The van der Waals surface area contributed by atoms with E-state index in [4.69, 9.17) is 10.1 Å². The van der Waals surface area contributed by atoms with Gasteiger partial charge in [0.05, 0.1) is 22.6 Å². The van der Waals surface area contributed by atoms with E-state index in [0.717, 1.165) is 47.2 Å². The second kappa shape index (κ2) is 9.92. The van der Waals surface area contributed by atoms with E-state index in [2.05, 4.69) is 29.5 Å². The first-order valence-electron chi connectivity index (χ1n) is 11.3. The zero-order valence-electron chi connectivity index (χ0n) is 18.4. The van der Waals surface area contributed by atoms with Gasteiger partial charge in [0.1, 0.15) is 0 Å². The summed E-state index contributed by atoms with van der Waals surface area (Å²) in [6.45, 7) is 5.17. The molecule has 1 saturated carbocycles. The van der Waals surface area contributed by atoms with Gasteiger partial charge in [-0.1, -0.05) is 25.1 Å². The van der Waals surface area contributed by atoms with Gasteiger partial charge in [0.15, 0.2) is 5.82 Å². The molecule has 164 valence electrons. The van der Waals surface area contributed by atoms with Crippen LogP contribution in [0, 0.1) is 12.8 Å². The van der Waals surface area contributed by atoms with Gasteiger partial charge in [-0.05, 0) is 63.1 Å². The molecule has 1 aromatic carbocycles. The molecule has 7 heteroatoms. The van der Waals surface area contributed by atoms with Gasteiger partial charge in [-0.2, -0.15) is 0 Å². The Morgan fingerprint density at radius 1 is 1.10 bits per heavy atom. The number of rotatable bonds is 8. The molecule has 0 amide bonds. The molecule has 1 aliphatic carbocycles. The molecule has 0 aliphatic heterocycles. The van der Waals surface area contributed by atoms with Crippen molar-refractivity contribution in [3.63, 3.8) is 0 Å². The number of anilines is 2. The minimum Gasteiger partial charge on any atom is -0.396 e. The summed E-state index contributed by atoms with van der Waals surface area (Å²) in [6, 6.07) is 12.5. The first-order chi connectivity index (χ1) is 15.2. The zero-order valence-corrected chi connectivity index (χ0v) is 18.4. The van der Waals surface area contributed by atoms with Crippen LogP contribution in [0.1, 0.15) is 44.7 Å². The number of hydrogen-bond acceptors (Lipinski definition) is 6. The molecular formula is C24H32N6O. The number of nitrogens with zero attached hydrogens (tertiary/aromatic N) is 4.